The van der Waals surface area contributed by atoms with Gasteiger partial charge in [-0.2, -0.15) is 0 Å². The van der Waals surface area contributed by atoms with Crippen LogP contribution in [0.1, 0.15) is 41.5 Å². The Balaban J connectivity index is 3.06. The van der Waals surface area contributed by atoms with Crippen LogP contribution < -0.4 is 5.32 Å². The molecule has 1 N–H and O–H groups in total. The van der Waals surface area contributed by atoms with Gasteiger partial charge >= 0.3 is 0 Å². The third kappa shape index (κ3) is 3.76. The zero-order valence-electron chi connectivity index (χ0n) is 10.3. The van der Waals surface area contributed by atoms with Crippen LogP contribution in [0.2, 0.25) is 0 Å². The first-order valence-corrected chi connectivity index (χ1v) is 5.35. The topological polar surface area (TPSA) is 46.2 Å². The minimum absolute atomic E-state index is 0.0577. The van der Waals surface area contributed by atoms with Crippen molar-refractivity contribution < 1.29 is 9.59 Å². The molecule has 0 saturated heterocycles. The van der Waals surface area contributed by atoms with Gasteiger partial charge in [-0.25, -0.2) is 0 Å². The molecule has 0 aliphatic heterocycles. The molecule has 0 spiro atoms. The van der Waals surface area contributed by atoms with Gasteiger partial charge < -0.3 is 5.32 Å². The number of carbonyl (C=O) groups excluding carboxylic acids is 2. The van der Waals surface area contributed by atoms with Crippen molar-refractivity contribution in [3.63, 3.8) is 0 Å². The minimum atomic E-state index is -0.0577. The lowest BCUT2D eigenvalue weighted by atomic mass is 10.0. The number of benzene rings is 1. The van der Waals surface area contributed by atoms with Gasteiger partial charge in [-0.15, -0.1) is 5.92 Å². The summed E-state index contributed by atoms with van der Waals surface area (Å²) in [6.45, 7) is 5.22. The molecule has 0 bridgehead atoms. The molecule has 88 valence electrons. The maximum atomic E-state index is 11.3. The lowest BCUT2D eigenvalue weighted by Gasteiger charge is -2.07. The second kappa shape index (κ2) is 5.86. The van der Waals surface area contributed by atoms with E-state index in [0.29, 0.717) is 17.7 Å². The summed E-state index contributed by atoms with van der Waals surface area (Å²) in [5, 5.41) is 3.06. The highest BCUT2D eigenvalue weighted by molar-refractivity contribution is 6.01. The highest BCUT2D eigenvalue weighted by Gasteiger charge is 2.07. The molecule has 0 saturated carbocycles. The van der Waals surface area contributed by atoms with Gasteiger partial charge in [0.15, 0.2) is 11.6 Å². The molecular formula is C14H15NO2. The second-order valence-electron chi connectivity index (χ2n) is 3.69. The van der Waals surface area contributed by atoms with E-state index in [1.165, 1.54) is 13.8 Å². The Morgan fingerprint density at radius 3 is 2.06 bits per heavy atom. The number of carbonyl (C=O) groups is 2. The highest BCUT2D eigenvalue weighted by atomic mass is 16.1. The fourth-order valence-electron chi connectivity index (χ4n) is 1.37. The largest absolute Gasteiger partial charge is 0.374 e. The van der Waals surface area contributed by atoms with Crippen LogP contribution in [0.5, 0.6) is 0 Å². The van der Waals surface area contributed by atoms with E-state index < -0.39 is 0 Å². The van der Waals surface area contributed by atoms with Crippen molar-refractivity contribution in [2.45, 2.75) is 20.8 Å². The summed E-state index contributed by atoms with van der Waals surface area (Å²) in [6, 6.07) is 5.07. The highest BCUT2D eigenvalue weighted by Crippen LogP contribution is 2.16. The van der Waals surface area contributed by atoms with Gasteiger partial charge in [-0.3, -0.25) is 9.59 Å². The minimum Gasteiger partial charge on any atom is -0.374 e. The molecular weight excluding hydrogens is 214 g/mol. The first kappa shape index (κ1) is 13.0. The Hall–Kier alpha value is -2.08. The van der Waals surface area contributed by atoms with Crippen molar-refractivity contribution in [1.82, 2.24) is 0 Å². The van der Waals surface area contributed by atoms with E-state index >= 15 is 0 Å². The molecule has 0 radical (unpaired) electrons. The molecule has 0 fully saturated rings. The number of rotatable bonds is 4. The van der Waals surface area contributed by atoms with Crippen molar-refractivity contribution in [1.29, 1.82) is 0 Å². The van der Waals surface area contributed by atoms with Gasteiger partial charge in [0, 0.05) is 16.8 Å². The van der Waals surface area contributed by atoms with E-state index in [9.17, 15) is 9.59 Å². The SMILES string of the molecule is CC#CCNc1cc(C(C)=O)cc(C(C)=O)c1. The van der Waals surface area contributed by atoms with E-state index in [2.05, 4.69) is 17.2 Å². The van der Waals surface area contributed by atoms with Crippen LogP contribution in [0.3, 0.4) is 0 Å². The van der Waals surface area contributed by atoms with Gasteiger partial charge in [0.05, 0.1) is 6.54 Å². The molecule has 0 unspecified atom stereocenters. The molecule has 0 aromatic heterocycles. The average molecular weight is 229 g/mol. The smallest absolute Gasteiger partial charge is 0.159 e. The molecule has 1 aromatic rings. The zero-order chi connectivity index (χ0) is 12.8. The Labute approximate surface area is 101 Å². The summed E-state index contributed by atoms with van der Waals surface area (Å²) in [5.74, 6) is 5.51. The fourth-order valence-corrected chi connectivity index (χ4v) is 1.37. The fraction of sp³-hybridized carbons (Fsp3) is 0.286. The van der Waals surface area contributed by atoms with Crippen molar-refractivity contribution in [2.75, 3.05) is 11.9 Å². The van der Waals surface area contributed by atoms with Crippen molar-refractivity contribution >= 4 is 17.3 Å². The average Bonchev–Trinajstić information content (AvgIpc) is 2.29. The summed E-state index contributed by atoms with van der Waals surface area (Å²) in [6.07, 6.45) is 0. The van der Waals surface area contributed by atoms with E-state index in [4.69, 9.17) is 0 Å². The van der Waals surface area contributed by atoms with Gasteiger partial charge in [0.25, 0.3) is 0 Å². The summed E-state index contributed by atoms with van der Waals surface area (Å²) < 4.78 is 0. The van der Waals surface area contributed by atoms with Gasteiger partial charge in [-0.1, -0.05) is 5.92 Å². The molecule has 3 heteroatoms. The summed E-state index contributed by atoms with van der Waals surface area (Å²) in [4.78, 5) is 22.7. The van der Waals surface area contributed by atoms with Crippen LogP contribution in [-0.4, -0.2) is 18.1 Å². The predicted octanol–water partition coefficient (Wildman–Crippen LogP) is 2.53. The molecule has 0 atom stereocenters. The van der Waals surface area contributed by atoms with E-state index in [1.54, 1.807) is 25.1 Å². The molecule has 17 heavy (non-hydrogen) atoms. The van der Waals surface area contributed by atoms with Crippen LogP contribution in [0.15, 0.2) is 18.2 Å². The number of ketones is 2. The van der Waals surface area contributed by atoms with E-state index in [0.717, 1.165) is 5.69 Å². The number of hydrogen-bond acceptors (Lipinski definition) is 3. The monoisotopic (exact) mass is 229 g/mol. The van der Waals surface area contributed by atoms with Gasteiger partial charge in [0.1, 0.15) is 0 Å². The lowest BCUT2D eigenvalue weighted by molar-refractivity contribution is 0.101. The molecule has 3 nitrogen and oxygen atoms in total. The lowest BCUT2D eigenvalue weighted by Crippen LogP contribution is -2.04. The number of anilines is 1. The van der Waals surface area contributed by atoms with Crippen LogP contribution >= 0.6 is 0 Å². The third-order valence-electron chi connectivity index (χ3n) is 2.30. The normalized spacial score (nSPS) is 9.12. The summed E-state index contributed by atoms with van der Waals surface area (Å²) in [7, 11) is 0. The third-order valence-corrected chi connectivity index (χ3v) is 2.30. The molecule has 0 aliphatic carbocycles. The van der Waals surface area contributed by atoms with Crippen LogP contribution in [-0.2, 0) is 0 Å². The quantitative estimate of drug-likeness (QED) is 0.637. The van der Waals surface area contributed by atoms with Crippen molar-refractivity contribution in [3.8, 4) is 11.8 Å². The Morgan fingerprint density at radius 2 is 1.65 bits per heavy atom. The van der Waals surface area contributed by atoms with E-state index in [1.807, 2.05) is 0 Å². The van der Waals surface area contributed by atoms with Crippen LogP contribution in [0.25, 0.3) is 0 Å². The predicted molar refractivity (Wildman–Crippen MR) is 68.4 cm³/mol. The van der Waals surface area contributed by atoms with Crippen LogP contribution in [0.4, 0.5) is 5.69 Å². The van der Waals surface area contributed by atoms with Gasteiger partial charge in [0.2, 0.25) is 0 Å². The maximum Gasteiger partial charge on any atom is 0.159 e. The maximum absolute atomic E-state index is 11.3. The first-order valence-electron chi connectivity index (χ1n) is 5.35. The first-order chi connectivity index (χ1) is 8.04. The molecule has 0 amide bonds. The Morgan fingerprint density at radius 1 is 1.12 bits per heavy atom. The molecule has 1 rings (SSSR count). The summed E-state index contributed by atoms with van der Waals surface area (Å²) >= 11 is 0. The molecule has 1 aromatic carbocycles. The van der Waals surface area contributed by atoms with E-state index in [-0.39, 0.29) is 11.6 Å². The number of hydrogen-bond donors (Lipinski definition) is 1. The number of nitrogens with one attached hydrogen (secondary N) is 1. The van der Waals surface area contributed by atoms with Crippen molar-refractivity contribution in [2.24, 2.45) is 0 Å². The second-order valence-corrected chi connectivity index (χ2v) is 3.69. The zero-order valence-corrected chi connectivity index (χ0v) is 10.3. The van der Waals surface area contributed by atoms with Gasteiger partial charge in [-0.05, 0) is 39.0 Å². The Bertz CT molecular complexity index is 474. The standard InChI is InChI=1S/C14H15NO2/c1-4-5-6-15-14-8-12(10(2)16)7-13(9-14)11(3)17/h7-9,15H,6H2,1-3H3. The Kier molecular flexibility index (Phi) is 4.47. The molecule has 0 aliphatic rings. The van der Waals surface area contributed by atoms with Crippen LogP contribution in [0, 0.1) is 11.8 Å². The summed E-state index contributed by atoms with van der Waals surface area (Å²) in [5.41, 5.74) is 1.81. The number of Topliss-reactive ketones (excluding diaryl/α,β-unsaturated/α-hetero) is 2. The molecule has 0 heterocycles. The van der Waals surface area contributed by atoms with Crippen molar-refractivity contribution in [3.05, 3.63) is 29.3 Å².